The summed E-state index contributed by atoms with van der Waals surface area (Å²) < 4.78 is 0. The van der Waals surface area contributed by atoms with E-state index in [1.807, 2.05) is 42.6 Å². The lowest BCUT2D eigenvalue weighted by atomic mass is 10.0. The fourth-order valence-corrected chi connectivity index (χ4v) is 3.11. The number of benzene rings is 1. The molecule has 18 heavy (non-hydrogen) atoms. The average Bonchev–Trinajstić information content (AvgIpc) is 2.61. The Balaban J connectivity index is 2.24. The van der Waals surface area contributed by atoms with E-state index in [4.69, 9.17) is 5.73 Å². The van der Waals surface area contributed by atoms with E-state index < -0.39 is 0 Å². The highest BCUT2D eigenvalue weighted by Gasteiger charge is 2.19. The van der Waals surface area contributed by atoms with Gasteiger partial charge in [0.1, 0.15) is 0 Å². The summed E-state index contributed by atoms with van der Waals surface area (Å²) in [6.07, 6.45) is 1.08. The van der Waals surface area contributed by atoms with Crippen LogP contribution in [0.25, 0.3) is 0 Å². The zero-order valence-electron chi connectivity index (χ0n) is 11.0. The Morgan fingerprint density at radius 1 is 1.22 bits per heavy atom. The molecule has 0 atom stereocenters. The summed E-state index contributed by atoms with van der Waals surface area (Å²) >= 11 is 1.92. The lowest BCUT2D eigenvalue weighted by Gasteiger charge is -2.21. The first-order valence-electron chi connectivity index (χ1n) is 6.33. The number of hydrogen-bond donors (Lipinski definition) is 1. The number of hydrogen-bond acceptors (Lipinski definition) is 3. The van der Waals surface area contributed by atoms with Crippen molar-refractivity contribution in [2.75, 3.05) is 30.3 Å². The smallest absolute Gasteiger partial charge is 0.254 e. The fraction of sp³-hybridized carbons (Fsp3) is 0.500. The first-order chi connectivity index (χ1) is 8.59. The Hall–Kier alpha value is -1.16. The molecule has 1 saturated heterocycles. The van der Waals surface area contributed by atoms with Gasteiger partial charge in [-0.2, -0.15) is 11.8 Å². The molecule has 0 radical (unpaired) electrons. The molecule has 1 heterocycles. The van der Waals surface area contributed by atoms with Gasteiger partial charge in [0.2, 0.25) is 0 Å². The quantitative estimate of drug-likeness (QED) is 0.793. The topological polar surface area (TPSA) is 46.3 Å². The van der Waals surface area contributed by atoms with Crippen molar-refractivity contribution in [1.82, 2.24) is 4.90 Å². The third-order valence-electron chi connectivity index (χ3n) is 3.35. The molecule has 0 aromatic heterocycles. The Labute approximate surface area is 113 Å². The van der Waals surface area contributed by atoms with E-state index in [1.165, 1.54) is 0 Å². The van der Waals surface area contributed by atoms with Crippen molar-refractivity contribution < 1.29 is 4.79 Å². The standard InChI is InChI=1S/C14H20N2OS/c1-10-8-11(2)13(15)9-12(10)14(17)16-4-3-6-18-7-5-16/h8-9H,3-7,15H2,1-2H3. The number of anilines is 1. The number of carbonyl (C=O) groups is 1. The Bertz CT molecular complexity index is 451. The second-order valence-corrected chi connectivity index (χ2v) is 6.01. The van der Waals surface area contributed by atoms with E-state index in [-0.39, 0.29) is 5.91 Å². The molecule has 98 valence electrons. The molecule has 1 aliphatic rings. The zero-order chi connectivity index (χ0) is 13.1. The molecule has 1 aromatic carbocycles. The molecule has 0 aliphatic carbocycles. The first kappa shape index (κ1) is 13.3. The summed E-state index contributed by atoms with van der Waals surface area (Å²) in [6.45, 7) is 5.65. The normalized spacial score (nSPS) is 16.4. The molecule has 1 fully saturated rings. The van der Waals surface area contributed by atoms with Gasteiger partial charge in [0.25, 0.3) is 5.91 Å². The van der Waals surface area contributed by atoms with Crippen LogP contribution >= 0.6 is 11.8 Å². The van der Waals surface area contributed by atoms with Gasteiger partial charge >= 0.3 is 0 Å². The predicted molar refractivity (Wildman–Crippen MR) is 78.2 cm³/mol. The van der Waals surface area contributed by atoms with E-state index in [9.17, 15) is 4.79 Å². The van der Waals surface area contributed by atoms with Crippen LogP contribution in [-0.2, 0) is 0 Å². The van der Waals surface area contributed by atoms with E-state index in [1.54, 1.807) is 0 Å². The van der Waals surface area contributed by atoms with Crippen LogP contribution in [0.15, 0.2) is 12.1 Å². The van der Waals surface area contributed by atoms with Crippen molar-refractivity contribution in [2.45, 2.75) is 20.3 Å². The lowest BCUT2D eigenvalue weighted by molar-refractivity contribution is 0.0768. The number of nitrogens with zero attached hydrogens (tertiary/aromatic N) is 1. The third-order valence-corrected chi connectivity index (χ3v) is 4.40. The Kier molecular flexibility index (Phi) is 4.17. The van der Waals surface area contributed by atoms with Crippen molar-refractivity contribution >= 4 is 23.4 Å². The van der Waals surface area contributed by atoms with Crippen LogP contribution in [0.5, 0.6) is 0 Å². The van der Waals surface area contributed by atoms with Gasteiger partial charge in [-0.1, -0.05) is 6.07 Å². The summed E-state index contributed by atoms with van der Waals surface area (Å²) in [6, 6.07) is 3.82. The molecular formula is C14H20N2OS. The molecule has 2 N–H and O–H groups in total. The van der Waals surface area contributed by atoms with Crippen LogP contribution in [0, 0.1) is 13.8 Å². The SMILES string of the molecule is Cc1cc(C)c(C(=O)N2CCCSCC2)cc1N. The highest BCUT2D eigenvalue weighted by Crippen LogP contribution is 2.20. The van der Waals surface area contributed by atoms with E-state index in [0.717, 1.165) is 47.7 Å². The van der Waals surface area contributed by atoms with Gasteiger partial charge < -0.3 is 10.6 Å². The van der Waals surface area contributed by atoms with E-state index in [0.29, 0.717) is 5.69 Å². The molecule has 1 aliphatic heterocycles. The molecule has 0 bridgehead atoms. The summed E-state index contributed by atoms with van der Waals surface area (Å²) in [5.74, 6) is 2.31. The molecule has 0 spiro atoms. The number of aryl methyl sites for hydroxylation is 2. The minimum absolute atomic E-state index is 0.127. The Morgan fingerprint density at radius 3 is 2.78 bits per heavy atom. The second-order valence-electron chi connectivity index (χ2n) is 4.78. The maximum absolute atomic E-state index is 12.5. The summed E-state index contributed by atoms with van der Waals surface area (Å²) in [4.78, 5) is 14.5. The van der Waals surface area contributed by atoms with Gasteiger partial charge in [-0.25, -0.2) is 0 Å². The van der Waals surface area contributed by atoms with Crippen LogP contribution in [0.1, 0.15) is 27.9 Å². The lowest BCUT2D eigenvalue weighted by Crippen LogP contribution is -2.33. The average molecular weight is 264 g/mol. The highest BCUT2D eigenvalue weighted by molar-refractivity contribution is 7.99. The van der Waals surface area contributed by atoms with E-state index in [2.05, 4.69) is 0 Å². The van der Waals surface area contributed by atoms with Crippen LogP contribution < -0.4 is 5.73 Å². The van der Waals surface area contributed by atoms with Gasteiger partial charge in [0.15, 0.2) is 0 Å². The van der Waals surface area contributed by atoms with Gasteiger partial charge in [0, 0.05) is 30.1 Å². The minimum atomic E-state index is 0.127. The number of rotatable bonds is 1. The van der Waals surface area contributed by atoms with E-state index >= 15 is 0 Å². The molecule has 0 saturated carbocycles. The molecule has 1 amide bonds. The maximum Gasteiger partial charge on any atom is 0.254 e. The molecule has 1 aromatic rings. The third kappa shape index (κ3) is 2.80. The first-order valence-corrected chi connectivity index (χ1v) is 7.49. The number of nitrogens with two attached hydrogens (primary N) is 1. The molecule has 3 nitrogen and oxygen atoms in total. The maximum atomic E-state index is 12.5. The van der Waals surface area contributed by atoms with Crippen LogP contribution in [0.3, 0.4) is 0 Å². The van der Waals surface area contributed by atoms with Crippen molar-refractivity contribution in [3.05, 3.63) is 28.8 Å². The number of thioether (sulfide) groups is 1. The predicted octanol–water partition coefficient (Wildman–Crippen LogP) is 2.46. The van der Waals surface area contributed by atoms with Crippen LogP contribution in [-0.4, -0.2) is 35.4 Å². The monoisotopic (exact) mass is 264 g/mol. The second kappa shape index (κ2) is 5.65. The van der Waals surface area contributed by atoms with Gasteiger partial charge in [0.05, 0.1) is 0 Å². The Morgan fingerprint density at radius 2 is 2.00 bits per heavy atom. The van der Waals surface area contributed by atoms with Crippen molar-refractivity contribution in [3.63, 3.8) is 0 Å². The summed E-state index contributed by atoms with van der Waals surface area (Å²) in [7, 11) is 0. The highest BCUT2D eigenvalue weighted by atomic mass is 32.2. The van der Waals surface area contributed by atoms with Gasteiger partial charge in [-0.05, 0) is 43.2 Å². The summed E-state index contributed by atoms with van der Waals surface area (Å²) in [5.41, 5.74) is 9.42. The number of nitrogen functional groups attached to an aromatic ring is 1. The van der Waals surface area contributed by atoms with Crippen molar-refractivity contribution in [1.29, 1.82) is 0 Å². The zero-order valence-corrected chi connectivity index (χ0v) is 11.8. The molecule has 4 heteroatoms. The fourth-order valence-electron chi connectivity index (χ4n) is 2.22. The largest absolute Gasteiger partial charge is 0.398 e. The molecular weight excluding hydrogens is 244 g/mol. The van der Waals surface area contributed by atoms with Crippen LogP contribution in [0.2, 0.25) is 0 Å². The minimum Gasteiger partial charge on any atom is -0.398 e. The molecule has 0 unspecified atom stereocenters. The van der Waals surface area contributed by atoms with Gasteiger partial charge in [-0.15, -0.1) is 0 Å². The van der Waals surface area contributed by atoms with Crippen molar-refractivity contribution in [2.24, 2.45) is 0 Å². The van der Waals surface area contributed by atoms with Crippen molar-refractivity contribution in [3.8, 4) is 0 Å². The summed E-state index contributed by atoms with van der Waals surface area (Å²) in [5, 5.41) is 0. The molecule has 2 rings (SSSR count). The van der Waals surface area contributed by atoms with Crippen LogP contribution in [0.4, 0.5) is 5.69 Å². The number of carbonyl (C=O) groups excluding carboxylic acids is 1. The van der Waals surface area contributed by atoms with Gasteiger partial charge in [-0.3, -0.25) is 4.79 Å². The number of amides is 1.